The molecule has 1 aliphatic rings. The van der Waals surface area contributed by atoms with Gasteiger partial charge in [0.05, 0.1) is 10.7 Å². The number of rotatable bonds is 10. The lowest BCUT2D eigenvalue weighted by atomic mass is 10.1. The third kappa shape index (κ3) is 6.09. The van der Waals surface area contributed by atoms with Crippen LogP contribution in [0.1, 0.15) is 24.1 Å². The second-order valence-corrected chi connectivity index (χ2v) is 12.9. The number of likely N-dealkylation sites (N-methyl/N-ethyl adjacent to an activating group) is 1. The molecule has 1 aliphatic heterocycles. The molecular formula is C28H31Cl2N7O4S. The van der Waals surface area contributed by atoms with Gasteiger partial charge in [0.1, 0.15) is 41.5 Å². The van der Waals surface area contributed by atoms with Crippen LogP contribution in [-0.4, -0.2) is 83.0 Å². The Morgan fingerprint density at radius 2 is 2.02 bits per heavy atom. The van der Waals surface area contributed by atoms with Crippen molar-refractivity contribution in [1.82, 2.24) is 34.3 Å². The van der Waals surface area contributed by atoms with E-state index in [1.807, 2.05) is 44.1 Å². The number of carbonyl (C=O) groups is 1. The summed E-state index contributed by atoms with van der Waals surface area (Å²) in [4.78, 5) is 23.4. The van der Waals surface area contributed by atoms with Crippen LogP contribution >= 0.6 is 23.2 Å². The number of benzene rings is 2. The predicted molar refractivity (Wildman–Crippen MR) is 161 cm³/mol. The lowest BCUT2D eigenvalue weighted by molar-refractivity contribution is -0.124. The summed E-state index contributed by atoms with van der Waals surface area (Å²) in [5.41, 5.74) is 2.45. The Kier molecular flexibility index (Phi) is 9.00. The van der Waals surface area contributed by atoms with Gasteiger partial charge in [-0.05, 0) is 58.1 Å². The van der Waals surface area contributed by atoms with Crippen LogP contribution in [0, 0.1) is 6.92 Å². The number of para-hydroxylation sites is 1. The number of halogens is 2. The predicted octanol–water partition coefficient (Wildman–Crippen LogP) is 3.84. The molecule has 5 rings (SSSR count). The standard InChI is InChI=1S/C28H31Cl2N7O4S/c1-18-14-23(36-17-31-16-33-36)19-6-4-8-24(27(19)34-18)41-15-20-21(29)9-10-25(26(20)30)42(39,40)37-12-5-7-22(37)28(38)32-11-13-35(2)3/h4,6,8-10,14,16-17,22H,5,7,11-13,15H2,1-3H3,(H,32,38)/t22-/m0/s1. The van der Waals surface area contributed by atoms with E-state index in [4.69, 9.17) is 27.9 Å². The molecule has 0 saturated carbocycles. The summed E-state index contributed by atoms with van der Waals surface area (Å²) in [6.45, 7) is 3.04. The first kappa shape index (κ1) is 30.2. The van der Waals surface area contributed by atoms with Gasteiger partial charge in [0.2, 0.25) is 15.9 Å². The van der Waals surface area contributed by atoms with Crippen molar-refractivity contribution in [2.75, 3.05) is 33.7 Å². The fourth-order valence-electron chi connectivity index (χ4n) is 4.96. The van der Waals surface area contributed by atoms with Crippen molar-refractivity contribution in [3.63, 3.8) is 0 Å². The quantitative estimate of drug-likeness (QED) is 0.280. The lowest BCUT2D eigenvalue weighted by Gasteiger charge is -2.25. The number of nitrogens with one attached hydrogen (secondary N) is 1. The summed E-state index contributed by atoms with van der Waals surface area (Å²) in [5.74, 6) is 0.141. The zero-order chi connectivity index (χ0) is 30.0. The molecule has 222 valence electrons. The van der Waals surface area contributed by atoms with Gasteiger partial charge in [-0.2, -0.15) is 9.40 Å². The van der Waals surface area contributed by atoms with Crippen LogP contribution in [0.3, 0.4) is 0 Å². The Bertz CT molecular complexity index is 1720. The van der Waals surface area contributed by atoms with E-state index in [2.05, 4.69) is 20.4 Å². The second kappa shape index (κ2) is 12.5. The number of ether oxygens (including phenoxy) is 1. The van der Waals surface area contributed by atoms with Crippen molar-refractivity contribution >= 4 is 50.0 Å². The molecule has 1 saturated heterocycles. The van der Waals surface area contributed by atoms with E-state index < -0.39 is 16.1 Å². The van der Waals surface area contributed by atoms with Crippen molar-refractivity contribution < 1.29 is 17.9 Å². The molecule has 11 nitrogen and oxygen atoms in total. The molecule has 0 spiro atoms. The number of nitrogens with zero attached hydrogens (tertiary/aromatic N) is 6. The molecular weight excluding hydrogens is 601 g/mol. The molecule has 0 radical (unpaired) electrons. The van der Waals surface area contributed by atoms with Gasteiger partial charge in [0.15, 0.2) is 0 Å². The first-order valence-electron chi connectivity index (χ1n) is 13.4. The van der Waals surface area contributed by atoms with Crippen LogP contribution in [0.15, 0.2) is 53.9 Å². The Morgan fingerprint density at radius 3 is 2.76 bits per heavy atom. The minimum absolute atomic E-state index is 0.0474. The maximum atomic E-state index is 13.8. The number of hydrogen-bond donors (Lipinski definition) is 1. The third-order valence-electron chi connectivity index (χ3n) is 7.05. The molecule has 1 N–H and O–H groups in total. The fourth-order valence-corrected chi connectivity index (χ4v) is 7.48. The highest BCUT2D eigenvalue weighted by Gasteiger charge is 2.40. The van der Waals surface area contributed by atoms with Crippen molar-refractivity contribution in [2.45, 2.75) is 37.3 Å². The number of hydrogen-bond acceptors (Lipinski definition) is 8. The zero-order valence-electron chi connectivity index (χ0n) is 23.4. The average Bonchev–Trinajstić information content (AvgIpc) is 3.65. The highest BCUT2D eigenvalue weighted by atomic mass is 35.5. The van der Waals surface area contributed by atoms with E-state index in [1.165, 1.54) is 22.8 Å². The molecule has 0 aliphatic carbocycles. The fraction of sp³-hybridized carbons (Fsp3) is 0.357. The number of fused-ring (bicyclic) bond motifs is 1. The van der Waals surface area contributed by atoms with Crippen LogP contribution < -0.4 is 10.1 Å². The number of carbonyl (C=O) groups excluding carboxylic acids is 1. The van der Waals surface area contributed by atoms with Crippen LogP contribution in [0.4, 0.5) is 0 Å². The summed E-state index contributed by atoms with van der Waals surface area (Å²) in [7, 11) is -0.312. The SMILES string of the molecule is Cc1cc(-n2cncn2)c2cccc(OCc3c(Cl)ccc(S(=O)(=O)N4CCC[C@H]4C(=O)NCCN(C)C)c3Cl)c2n1. The Balaban J connectivity index is 1.42. The summed E-state index contributed by atoms with van der Waals surface area (Å²) in [6, 6.07) is 9.44. The maximum absolute atomic E-state index is 13.8. The Hall–Kier alpha value is -3.29. The van der Waals surface area contributed by atoms with Crippen molar-refractivity contribution in [1.29, 1.82) is 0 Å². The third-order valence-corrected chi connectivity index (χ3v) is 9.90. The van der Waals surface area contributed by atoms with E-state index in [9.17, 15) is 13.2 Å². The minimum Gasteiger partial charge on any atom is -0.487 e. The van der Waals surface area contributed by atoms with Gasteiger partial charge in [-0.15, -0.1) is 0 Å². The zero-order valence-corrected chi connectivity index (χ0v) is 25.7. The number of aromatic nitrogens is 4. The first-order chi connectivity index (χ1) is 20.1. The molecule has 2 aromatic carbocycles. The van der Waals surface area contributed by atoms with Gasteiger partial charge in [-0.25, -0.2) is 23.1 Å². The van der Waals surface area contributed by atoms with E-state index in [0.717, 1.165) is 16.8 Å². The largest absolute Gasteiger partial charge is 0.487 e. The van der Waals surface area contributed by atoms with Crippen LogP contribution in [0.25, 0.3) is 16.6 Å². The Labute approximate surface area is 254 Å². The number of sulfonamides is 1. The minimum atomic E-state index is -4.11. The van der Waals surface area contributed by atoms with Gasteiger partial charge in [0.25, 0.3) is 0 Å². The molecule has 4 aromatic rings. The van der Waals surface area contributed by atoms with Crippen LogP contribution in [0.2, 0.25) is 10.0 Å². The summed E-state index contributed by atoms with van der Waals surface area (Å²) in [6.07, 6.45) is 4.05. The number of amides is 1. The van der Waals surface area contributed by atoms with Crippen LogP contribution in [-0.2, 0) is 21.4 Å². The van der Waals surface area contributed by atoms with E-state index in [1.54, 1.807) is 17.1 Å². The van der Waals surface area contributed by atoms with Crippen LogP contribution in [0.5, 0.6) is 5.75 Å². The average molecular weight is 633 g/mol. The molecule has 42 heavy (non-hydrogen) atoms. The summed E-state index contributed by atoms with van der Waals surface area (Å²) >= 11 is 13.2. The lowest BCUT2D eigenvalue weighted by Crippen LogP contribution is -2.47. The number of pyridine rings is 1. The highest BCUT2D eigenvalue weighted by molar-refractivity contribution is 7.89. The second-order valence-electron chi connectivity index (χ2n) is 10.3. The van der Waals surface area contributed by atoms with E-state index >= 15 is 0 Å². The van der Waals surface area contributed by atoms with Crippen molar-refractivity contribution in [3.05, 3.63) is 70.4 Å². The topological polar surface area (TPSA) is 123 Å². The van der Waals surface area contributed by atoms with E-state index in [0.29, 0.717) is 42.8 Å². The van der Waals surface area contributed by atoms with Gasteiger partial charge >= 0.3 is 0 Å². The molecule has 1 fully saturated rings. The molecule has 3 heterocycles. The molecule has 2 aromatic heterocycles. The van der Waals surface area contributed by atoms with Gasteiger partial charge in [0, 0.05) is 41.3 Å². The molecule has 0 bridgehead atoms. The maximum Gasteiger partial charge on any atom is 0.245 e. The van der Waals surface area contributed by atoms with Gasteiger partial charge < -0.3 is 15.0 Å². The van der Waals surface area contributed by atoms with Crippen molar-refractivity contribution in [2.24, 2.45) is 0 Å². The molecule has 0 unspecified atom stereocenters. The van der Waals surface area contributed by atoms with E-state index in [-0.39, 0.29) is 34.0 Å². The summed E-state index contributed by atoms with van der Waals surface area (Å²) in [5, 5.41) is 8.08. The van der Waals surface area contributed by atoms with Gasteiger partial charge in [-0.3, -0.25) is 4.79 Å². The molecule has 14 heteroatoms. The van der Waals surface area contributed by atoms with Crippen molar-refractivity contribution in [3.8, 4) is 11.4 Å². The molecule has 1 amide bonds. The first-order valence-corrected chi connectivity index (χ1v) is 15.6. The summed E-state index contributed by atoms with van der Waals surface area (Å²) < 4.78 is 36.6. The monoisotopic (exact) mass is 631 g/mol. The Morgan fingerprint density at radius 1 is 1.21 bits per heavy atom. The smallest absolute Gasteiger partial charge is 0.245 e. The molecule has 1 atom stereocenters. The highest BCUT2D eigenvalue weighted by Crippen LogP contribution is 2.37. The normalized spacial score (nSPS) is 15.9. The number of aryl methyl sites for hydroxylation is 1. The van der Waals surface area contributed by atoms with Gasteiger partial charge in [-0.1, -0.05) is 35.3 Å².